The Morgan fingerprint density at radius 3 is 2.60 bits per heavy atom. The molecule has 0 radical (unpaired) electrons. The third-order valence-electron chi connectivity index (χ3n) is 4.66. The number of nitrogens with two attached hydrogens (primary N) is 1. The van der Waals surface area contributed by atoms with Crippen LogP contribution in [0, 0.1) is 11.8 Å². The molecule has 0 saturated heterocycles. The van der Waals surface area contributed by atoms with Gasteiger partial charge in [0.2, 0.25) is 0 Å². The van der Waals surface area contributed by atoms with Gasteiger partial charge in [0.25, 0.3) is 0 Å². The lowest BCUT2D eigenvalue weighted by Crippen LogP contribution is -2.21. The summed E-state index contributed by atoms with van der Waals surface area (Å²) in [5.41, 5.74) is 7.19. The van der Waals surface area contributed by atoms with Gasteiger partial charge in [-0.15, -0.1) is 0 Å². The zero-order valence-electron chi connectivity index (χ0n) is 13.0. The quantitative estimate of drug-likeness (QED) is 0.676. The standard InChI is InChI=1S/C18H30N2/c1-14(2)15(10-11-19)9-6-12-20-18-13-17(18)16-7-4-3-5-8-16/h3-5,7-8,14-15,17-18,20H,6,9-13,19H2,1-2H3. The highest BCUT2D eigenvalue weighted by atomic mass is 15.0. The molecular formula is C18H30N2. The molecule has 1 aliphatic carbocycles. The Morgan fingerprint density at radius 1 is 1.20 bits per heavy atom. The number of hydrogen-bond acceptors (Lipinski definition) is 2. The second-order valence-corrected chi connectivity index (χ2v) is 6.54. The topological polar surface area (TPSA) is 38.0 Å². The molecule has 1 aliphatic rings. The van der Waals surface area contributed by atoms with Crippen molar-refractivity contribution in [2.45, 2.75) is 51.5 Å². The van der Waals surface area contributed by atoms with E-state index in [9.17, 15) is 0 Å². The Hall–Kier alpha value is -0.860. The highest BCUT2D eigenvalue weighted by molar-refractivity contribution is 5.27. The van der Waals surface area contributed by atoms with Crippen LogP contribution in [0.2, 0.25) is 0 Å². The van der Waals surface area contributed by atoms with E-state index in [1.54, 1.807) is 0 Å². The zero-order valence-corrected chi connectivity index (χ0v) is 13.0. The number of nitrogens with one attached hydrogen (secondary N) is 1. The third kappa shape index (κ3) is 4.60. The summed E-state index contributed by atoms with van der Waals surface area (Å²) < 4.78 is 0. The first-order valence-corrected chi connectivity index (χ1v) is 8.20. The van der Waals surface area contributed by atoms with Gasteiger partial charge in [-0.1, -0.05) is 44.2 Å². The molecule has 2 nitrogen and oxygen atoms in total. The molecule has 0 heterocycles. The fraction of sp³-hybridized carbons (Fsp3) is 0.667. The predicted molar refractivity (Wildman–Crippen MR) is 86.8 cm³/mol. The summed E-state index contributed by atoms with van der Waals surface area (Å²) in [5, 5.41) is 3.71. The van der Waals surface area contributed by atoms with Gasteiger partial charge in [-0.25, -0.2) is 0 Å². The van der Waals surface area contributed by atoms with Crippen LogP contribution in [0.25, 0.3) is 0 Å². The van der Waals surface area contributed by atoms with Crippen molar-refractivity contribution in [3.63, 3.8) is 0 Å². The number of rotatable bonds is 9. The molecule has 3 unspecified atom stereocenters. The van der Waals surface area contributed by atoms with E-state index in [0.29, 0.717) is 6.04 Å². The van der Waals surface area contributed by atoms with Gasteiger partial charge in [0.05, 0.1) is 0 Å². The van der Waals surface area contributed by atoms with Crippen molar-refractivity contribution in [1.82, 2.24) is 5.32 Å². The second-order valence-electron chi connectivity index (χ2n) is 6.54. The summed E-state index contributed by atoms with van der Waals surface area (Å²) in [6.45, 7) is 6.62. The van der Waals surface area contributed by atoms with Crippen molar-refractivity contribution in [3.05, 3.63) is 35.9 Å². The van der Waals surface area contributed by atoms with Gasteiger partial charge < -0.3 is 11.1 Å². The molecule has 2 heteroatoms. The van der Waals surface area contributed by atoms with E-state index in [4.69, 9.17) is 5.73 Å². The van der Waals surface area contributed by atoms with E-state index in [1.165, 1.54) is 31.2 Å². The van der Waals surface area contributed by atoms with Gasteiger partial charge >= 0.3 is 0 Å². The Kier molecular flexibility index (Phi) is 6.06. The van der Waals surface area contributed by atoms with Gasteiger partial charge in [0, 0.05) is 12.0 Å². The van der Waals surface area contributed by atoms with Crippen LogP contribution in [0.3, 0.4) is 0 Å². The molecule has 2 rings (SSSR count). The first-order chi connectivity index (χ1) is 9.72. The van der Waals surface area contributed by atoms with Crippen LogP contribution < -0.4 is 11.1 Å². The summed E-state index contributed by atoms with van der Waals surface area (Å²) in [4.78, 5) is 0. The van der Waals surface area contributed by atoms with Gasteiger partial charge in [-0.3, -0.25) is 0 Å². The van der Waals surface area contributed by atoms with E-state index in [1.807, 2.05) is 0 Å². The number of hydrogen-bond donors (Lipinski definition) is 2. The van der Waals surface area contributed by atoms with Crippen LogP contribution in [0.15, 0.2) is 30.3 Å². The molecule has 1 saturated carbocycles. The van der Waals surface area contributed by atoms with Crippen LogP contribution in [0.5, 0.6) is 0 Å². The maximum atomic E-state index is 5.70. The molecule has 1 fully saturated rings. The Labute approximate surface area is 124 Å². The van der Waals surface area contributed by atoms with E-state index in [-0.39, 0.29) is 0 Å². The lowest BCUT2D eigenvalue weighted by molar-refractivity contribution is 0.331. The summed E-state index contributed by atoms with van der Waals surface area (Å²) in [6.07, 6.45) is 5.07. The highest BCUT2D eigenvalue weighted by Gasteiger charge is 2.37. The summed E-state index contributed by atoms with van der Waals surface area (Å²) in [7, 11) is 0. The highest BCUT2D eigenvalue weighted by Crippen LogP contribution is 2.40. The second kappa shape index (κ2) is 7.80. The monoisotopic (exact) mass is 274 g/mol. The molecule has 0 spiro atoms. The lowest BCUT2D eigenvalue weighted by atomic mass is 9.88. The SMILES string of the molecule is CC(C)C(CCN)CCCNC1CC1c1ccccc1. The molecule has 0 amide bonds. The molecule has 3 atom stereocenters. The van der Waals surface area contributed by atoms with E-state index in [0.717, 1.165) is 30.8 Å². The third-order valence-corrected chi connectivity index (χ3v) is 4.66. The first-order valence-electron chi connectivity index (χ1n) is 8.20. The van der Waals surface area contributed by atoms with Crippen molar-refractivity contribution >= 4 is 0 Å². The normalized spacial score (nSPS) is 23.0. The summed E-state index contributed by atoms with van der Waals surface area (Å²) in [5.74, 6) is 2.31. The van der Waals surface area contributed by atoms with Crippen LogP contribution in [-0.4, -0.2) is 19.1 Å². The lowest BCUT2D eigenvalue weighted by Gasteiger charge is -2.20. The average Bonchev–Trinajstić information content (AvgIpc) is 3.22. The molecule has 1 aromatic carbocycles. The maximum Gasteiger partial charge on any atom is 0.0143 e. The van der Waals surface area contributed by atoms with Crippen LogP contribution in [-0.2, 0) is 0 Å². The first kappa shape index (κ1) is 15.5. The predicted octanol–water partition coefficient (Wildman–Crippen LogP) is 3.53. The average molecular weight is 274 g/mol. The van der Waals surface area contributed by atoms with Crippen LogP contribution in [0.4, 0.5) is 0 Å². The van der Waals surface area contributed by atoms with Crippen molar-refractivity contribution in [1.29, 1.82) is 0 Å². The minimum atomic E-state index is 0.712. The molecule has 20 heavy (non-hydrogen) atoms. The Balaban J connectivity index is 1.61. The van der Waals surface area contributed by atoms with E-state index in [2.05, 4.69) is 49.5 Å². The van der Waals surface area contributed by atoms with Gasteiger partial charge in [-0.2, -0.15) is 0 Å². The molecule has 112 valence electrons. The van der Waals surface area contributed by atoms with Gasteiger partial charge in [-0.05, 0) is 56.2 Å². The Morgan fingerprint density at radius 2 is 1.95 bits per heavy atom. The van der Waals surface area contributed by atoms with Crippen LogP contribution in [0.1, 0.15) is 51.0 Å². The zero-order chi connectivity index (χ0) is 14.4. The van der Waals surface area contributed by atoms with Gasteiger partial charge in [0.1, 0.15) is 0 Å². The molecular weight excluding hydrogens is 244 g/mol. The van der Waals surface area contributed by atoms with E-state index < -0.39 is 0 Å². The Bertz CT molecular complexity index is 374. The fourth-order valence-corrected chi connectivity index (χ4v) is 3.17. The molecule has 0 aromatic heterocycles. The molecule has 1 aromatic rings. The summed E-state index contributed by atoms with van der Waals surface area (Å²) >= 11 is 0. The van der Waals surface area contributed by atoms with Crippen molar-refractivity contribution < 1.29 is 0 Å². The van der Waals surface area contributed by atoms with E-state index >= 15 is 0 Å². The maximum absolute atomic E-state index is 5.70. The molecule has 0 bridgehead atoms. The minimum absolute atomic E-state index is 0.712. The van der Waals surface area contributed by atoms with Crippen molar-refractivity contribution in [2.24, 2.45) is 17.6 Å². The largest absolute Gasteiger partial charge is 0.330 e. The fourth-order valence-electron chi connectivity index (χ4n) is 3.17. The minimum Gasteiger partial charge on any atom is -0.330 e. The summed E-state index contributed by atoms with van der Waals surface area (Å²) in [6, 6.07) is 11.6. The van der Waals surface area contributed by atoms with Crippen molar-refractivity contribution in [2.75, 3.05) is 13.1 Å². The molecule has 3 N–H and O–H groups in total. The smallest absolute Gasteiger partial charge is 0.0143 e. The van der Waals surface area contributed by atoms with Crippen molar-refractivity contribution in [3.8, 4) is 0 Å². The van der Waals surface area contributed by atoms with Gasteiger partial charge in [0.15, 0.2) is 0 Å². The molecule has 0 aliphatic heterocycles. The van der Waals surface area contributed by atoms with Crippen LogP contribution >= 0.6 is 0 Å². The number of benzene rings is 1.